The second-order valence-electron chi connectivity index (χ2n) is 5.75. The van der Waals surface area contributed by atoms with Crippen LogP contribution in [0.5, 0.6) is 0 Å². The highest BCUT2D eigenvalue weighted by Crippen LogP contribution is 2.21. The van der Waals surface area contributed by atoms with Gasteiger partial charge in [0.2, 0.25) is 5.91 Å². The number of hydrogen-bond donors (Lipinski definition) is 1. The maximum Gasteiger partial charge on any atom is 0.224 e. The van der Waals surface area contributed by atoms with Crippen molar-refractivity contribution in [2.45, 2.75) is 25.1 Å². The van der Waals surface area contributed by atoms with Crippen LogP contribution in [0, 0.1) is 0 Å². The Morgan fingerprint density at radius 2 is 2.18 bits per heavy atom. The number of nitrogens with zero attached hydrogens (tertiary/aromatic N) is 4. The summed E-state index contributed by atoms with van der Waals surface area (Å²) in [5.74, 6) is 2.29. The van der Waals surface area contributed by atoms with E-state index in [0.29, 0.717) is 31.1 Å². The summed E-state index contributed by atoms with van der Waals surface area (Å²) in [5, 5.41) is 14.9. The van der Waals surface area contributed by atoms with Crippen molar-refractivity contribution in [2.75, 3.05) is 37.7 Å². The van der Waals surface area contributed by atoms with E-state index in [1.165, 1.54) is 0 Å². The number of aliphatic hydroxyl groups excluding tert-OH is 1. The van der Waals surface area contributed by atoms with Crippen LogP contribution in [0.15, 0.2) is 12.4 Å². The normalized spacial score (nSPS) is 26.5. The van der Waals surface area contributed by atoms with E-state index in [9.17, 15) is 9.90 Å². The predicted octanol–water partition coefficient (Wildman–Crippen LogP) is 0.547. The van der Waals surface area contributed by atoms with Gasteiger partial charge >= 0.3 is 0 Å². The Morgan fingerprint density at radius 1 is 1.41 bits per heavy atom. The highest BCUT2D eigenvalue weighted by atomic mass is 35.5. The van der Waals surface area contributed by atoms with Gasteiger partial charge in [0.25, 0.3) is 0 Å². The second-order valence-corrected chi connectivity index (χ2v) is 7.41. The first kappa shape index (κ1) is 16.1. The molecule has 2 saturated heterocycles. The monoisotopic (exact) mass is 344 g/mol. The first-order valence-corrected chi connectivity index (χ1v) is 9.12. The van der Waals surface area contributed by atoms with Gasteiger partial charge in [-0.1, -0.05) is 11.6 Å². The van der Waals surface area contributed by atoms with Crippen LogP contribution in [-0.2, 0) is 11.3 Å². The van der Waals surface area contributed by atoms with Gasteiger partial charge in [0.05, 0.1) is 23.4 Å². The lowest BCUT2D eigenvalue weighted by Crippen LogP contribution is -2.47. The molecule has 0 saturated carbocycles. The number of carbonyl (C=O) groups excluding carboxylic acids is 1. The second kappa shape index (κ2) is 7.21. The molecule has 0 radical (unpaired) electrons. The van der Waals surface area contributed by atoms with Crippen LogP contribution in [0.4, 0.5) is 0 Å². The number of rotatable bonds is 4. The zero-order valence-corrected chi connectivity index (χ0v) is 14.0. The number of carbonyl (C=O) groups is 1. The van der Waals surface area contributed by atoms with Crippen LogP contribution in [0.25, 0.3) is 0 Å². The van der Waals surface area contributed by atoms with E-state index in [-0.39, 0.29) is 11.9 Å². The van der Waals surface area contributed by atoms with Crippen molar-refractivity contribution in [3.8, 4) is 0 Å². The summed E-state index contributed by atoms with van der Waals surface area (Å²) < 4.78 is 1.67. The number of aliphatic hydroxyl groups is 1. The fourth-order valence-corrected chi connectivity index (χ4v) is 4.16. The van der Waals surface area contributed by atoms with E-state index >= 15 is 0 Å². The summed E-state index contributed by atoms with van der Waals surface area (Å²) in [6.45, 7) is 3.58. The maximum atomic E-state index is 12.3. The third-order valence-corrected chi connectivity index (χ3v) is 5.42. The van der Waals surface area contributed by atoms with Crippen molar-refractivity contribution in [3.63, 3.8) is 0 Å². The molecule has 22 heavy (non-hydrogen) atoms. The van der Waals surface area contributed by atoms with Gasteiger partial charge < -0.3 is 10.0 Å². The van der Waals surface area contributed by atoms with Crippen molar-refractivity contribution >= 4 is 29.3 Å². The Morgan fingerprint density at radius 3 is 2.86 bits per heavy atom. The molecule has 1 aromatic heterocycles. The molecule has 3 heterocycles. The molecule has 2 aliphatic heterocycles. The van der Waals surface area contributed by atoms with E-state index in [1.54, 1.807) is 22.0 Å². The van der Waals surface area contributed by atoms with E-state index in [4.69, 9.17) is 11.6 Å². The van der Waals surface area contributed by atoms with E-state index in [1.807, 2.05) is 11.8 Å². The number of aromatic nitrogens is 2. The summed E-state index contributed by atoms with van der Waals surface area (Å²) >= 11 is 7.76. The minimum Gasteiger partial charge on any atom is -0.390 e. The van der Waals surface area contributed by atoms with Gasteiger partial charge in [0.15, 0.2) is 0 Å². The fraction of sp³-hybridized carbons (Fsp3) is 0.714. The van der Waals surface area contributed by atoms with Gasteiger partial charge in [0, 0.05) is 56.8 Å². The highest BCUT2D eigenvalue weighted by Gasteiger charge is 2.37. The molecule has 0 unspecified atom stereocenters. The quantitative estimate of drug-likeness (QED) is 0.864. The predicted molar refractivity (Wildman–Crippen MR) is 87.1 cm³/mol. The lowest BCUT2D eigenvalue weighted by molar-refractivity contribution is -0.130. The largest absolute Gasteiger partial charge is 0.390 e. The number of amides is 1. The maximum absolute atomic E-state index is 12.3. The van der Waals surface area contributed by atoms with Crippen LogP contribution < -0.4 is 0 Å². The molecule has 0 spiro atoms. The zero-order valence-electron chi connectivity index (χ0n) is 12.4. The molecule has 0 bridgehead atoms. The SMILES string of the molecule is O=C(CCn1cc(Cl)cn1)N1C[C@@H](O)[C@H](N2CCSCC2)C1. The highest BCUT2D eigenvalue weighted by molar-refractivity contribution is 7.99. The molecule has 6 nitrogen and oxygen atoms in total. The molecule has 0 aliphatic carbocycles. The molecule has 1 aromatic rings. The van der Waals surface area contributed by atoms with Crippen LogP contribution >= 0.6 is 23.4 Å². The van der Waals surface area contributed by atoms with E-state index in [0.717, 1.165) is 24.6 Å². The summed E-state index contributed by atoms with van der Waals surface area (Å²) in [6, 6.07) is 0.0870. The molecular formula is C14H21ClN4O2S. The van der Waals surface area contributed by atoms with E-state index < -0.39 is 6.10 Å². The third-order valence-electron chi connectivity index (χ3n) is 4.28. The number of likely N-dealkylation sites (tertiary alicyclic amines) is 1. The number of aryl methyl sites for hydroxylation is 1. The molecule has 2 atom stereocenters. The lowest BCUT2D eigenvalue weighted by Gasteiger charge is -2.33. The third kappa shape index (κ3) is 3.76. The smallest absolute Gasteiger partial charge is 0.224 e. The molecule has 0 aromatic carbocycles. The summed E-state index contributed by atoms with van der Waals surface area (Å²) in [6.07, 6.45) is 3.22. The average Bonchev–Trinajstić information content (AvgIpc) is 3.12. The van der Waals surface area contributed by atoms with Gasteiger partial charge in [-0.15, -0.1) is 0 Å². The molecule has 122 valence electrons. The molecule has 2 fully saturated rings. The Bertz CT molecular complexity index is 521. The molecule has 1 amide bonds. The molecule has 3 rings (SSSR count). The molecule has 2 aliphatic rings. The minimum absolute atomic E-state index is 0.0690. The van der Waals surface area contributed by atoms with Gasteiger partial charge in [-0.05, 0) is 0 Å². The Labute approximate surface area is 139 Å². The topological polar surface area (TPSA) is 61.6 Å². The van der Waals surface area contributed by atoms with Crippen molar-refractivity contribution < 1.29 is 9.90 Å². The van der Waals surface area contributed by atoms with Gasteiger partial charge in [0.1, 0.15) is 0 Å². The number of thioether (sulfide) groups is 1. The number of β-amino-alcohol motifs (C(OH)–C–C–N with tert-alkyl or cyclic N) is 1. The van der Waals surface area contributed by atoms with Gasteiger partial charge in [-0.2, -0.15) is 16.9 Å². The number of halogens is 1. The van der Waals surface area contributed by atoms with Gasteiger partial charge in [-0.25, -0.2) is 0 Å². The summed E-state index contributed by atoms with van der Waals surface area (Å²) in [7, 11) is 0. The molecular weight excluding hydrogens is 324 g/mol. The fourth-order valence-electron chi connectivity index (χ4n) is 3.07. The van der Waals surface area contributed by atoms with Crippen molar-refractivity contribution in [2.24, 2.45) is 0 Å². The van der Waals surface area contributed by atoms with Gasteiger partial charge in [-0.3, -0.25) is 14.4 Å². The standard InChI is InChI=1S/C14H21ClN4O2S/c15-11-7-16-19(8-11)2-1-14(21)18-9-12(13(20)10-18)17-3-5-22-6-4-17/h7-8,12-13,20H,1-6,9-10H2/t12-,13-/m1/s1. The zero-order chi connectivity index (χ0) is 15.5. The first-order chi connectivity index (χ1) is 10.6. The van der Waals surface area contributed by atoms with Crippen molar-refractivity contribution in [3.05, 3.63) is 17.4 Å². The summed E-state index contributed by atoms with van der Waals surface area (Å²) in [4.78, 5) is 16.4. The Balaban J connectivity index is 1.51. The van der Waals surface area contributed by atoms with Crippen LogP contribution in [0.1, 0.15) is 6.42 Å². The Kier molecular flexibility index (Phi) is 5.28. The van der Waals surface area contributed by atoms with Crippen LogP contribution in [0.3, 0.4) is 0 Å². The average molecular weight is 345 g/mol. The van der Waals surface area contributed by atoms with Crippen molar-refractivity contribution in [1.29, 1.82) is 0 Å². The number of hydrogen-bond acceptors (Lipinski definition) is 5. The summed E-state index contributed by atoms with van der Waals surface area (Å²) in [5.41, 5.74) is 0. The van der Waals surface area contributed by atoms with Crippen LogP contribution in [-0.4, -0.2) is 80.4 Å². The Hall–Kier alpha value is -0.760. The van der Waals surface area contributed by atoms with E-state index in [2.05, 4.69) is 10.00 Å². The van der Waals surface area contributed by atoms with Crippen LogP contribution in [0.2, 0.25) is 5.02 Å². The lowest BCUT2D eigenvalue weighted by atomic mass is 10.2. The molecule has 8 heteroatoms. The molecule has 1 N–H and O–H groups in total. The minimum atomic E-state index is -0.439. The first-order valence-electron chi connectivity index (χ1n) is 7.59. The van der Waals surface area contributed by atoms with Crippen molar-refractivity contribution in [1.82, 2.24) is 19.6 Å².